The first-order valence-electron chi connectivity index (χ1n) is 7.37. The SMILES string of the molecule is CCC(NC(=O)CC1CCCN1)c1cccc([N+](=O)[O-])c1.Cl. The Labute approximate surface area is 136 Å². The Morgan fingerprint density at radius 2 is 2.32 bits per heavy atom. The fourth-order valence-electron chi connectivity index (χ4n) is 2.68. The molecule has 1 aromatic rings. The minimum Gasteiger partial charge on any atom is -0.349 e. The van der Waals surface area contributed by atoms with Gasteiger partial charge in [-0.15, -0.1) is 12.4 Å². The molecule has 0 spiro atoms. The number of rotatable bonds is 6. The summed E-state index contributed by atoms with van der Waals surface area (Å²) in [6.07, 6.45) is 3.30. The lowest BCUT2D eigenvalue weighted by molar-refractivity contribution is -0.384. The molecule has 1 aliphatic heterocycles. The van der Waals surface area contributed by atoms with Crippen LogP contribution in [0.15, 0.2) is 24.3 Å². The summed E-state index contributed by atoms with van der Waals surface area (Å²) in [6, 6.07) is 6.53. The van der Waals surface area contributed by atoms with Crippen LogP contribution in [0.4, 0.5) is 5.69 Å². The van der Waals surface area contributed by atoms with Crippen molar-refractivity contribution in [2.24, 2.45) is 0 Å². The number of hydrogen-bond donors (Lipinski definition) is 2. The number of carbonyl (C=O) groups excluding carboxylic acids is 1. The summed E-state index contributed by atoms with van der Waals surface area (Å²) in [5.41, 5.74) is 0.831. The predicted molar refractivity (Wildman–Crippen MR) is 87.2 cm³/mol. The van der Waals surface area contributed by atoms with Gasteiger partial charge in [0.1, 0.15) is 0 Å². The summed E-state index contributed by atoms with van der Waals surface area (Å²) in [5.74, 6) is -0.00671. The second-order valence-corrected chi connectivity index (χ2v) is 5.38. The molecule has 22 heavy (non-hydrogen) atoms. The molecule has 2 atom stereocenters. The van der Waals surface area contributed by atoms with E-state index in [0.717, 1.165) is 24.9 Å². The molecule has 0 saturated carbocycles. The third-order valence-corrected chi connectivity index (χ3v) is 3.82. The standard InChI is InChI=1S/C15H21N3O3.ClH/c1-2-14(11-5-3-7-13(9-11)18(20)21)17-15(19)10-12-6-4-8-16-12;/h3,5,7,9,12,14,16H,2,4,6,8,10H2,1H3,(H,17,19);1H. The minimum atomic E-state index is -0.416. The van der Waals surface area contributed by atoms with Gasteiger partial charge in [0.25, 0.3) is 5.69 Å². The Kier molecular flexibility index (Phi) is 7.27. The number of carbonyl (C=O) groups is 1. The van der Waals surface area contributed by atoms with Crippen molar-refractivity contribution >= 4 is 24.0 Å². The first kappa shape index (κ1) is 18.4. The van der Waals surface area contributed by atoms with E-state index in [2.05, 4.69) is 10.6 Å². The number of halogens is 1. The maximum absolute atomic E-state index is 12.1. The Morgan fingerprint density at radius 3 is 2.91 bits per heavy atom. The van der Waals surface area contributed by atoms with Crippen LogP contribution < -0.4 is 10.6 Å². The quantitative estimate of drug-likeness (QED) is 0.621. The first-order chi connectivity index (χ1) is 10.1. The molecule has 1 amide bonds. The molecule has 1 saturated heterocycles. The number of amides is 1. The normalized spacial score (nSPS) is 18.3. The van der Waals surface area contributed by atoms with E-state index in [1.165, 1.54) is 12.1 Å². The van der Waals surface area contributed by atoms with E-state index in [9.17, 15) is 14.9 Å². The lowest BCUT2D eigenvalue weighted by Crippen LogP contribution is -2.34. The maximum atomic E-state index is 12.1. The van der Waals surface area contributed by atoms with Crippen molar-refractivity contribution in [1.82, 2.24) is 10.6 Å². The van der Waals surface area contributed by atoms with Crippen LogP contribution in [0.1, 0.15) is 44.2 Å². The molecule has 122 valence electrons. The largest absolute Gasteiger partial charge is 0.349 e. The van der Waals surface area contributed by atoms with Gasteiger partial charge in [-0.25, -0.2) is 0 Å². The molecule has 0 bridgehead atoms. The van der Waals surface area contributed by atoms with Crippen molar-refractivity contribution in [1.29, 1.82) is 0 Å². The zero-order valence-electron chi connectivity index (χ0n) is 12.6. The average Bonchev–Trinajstić information content (AvgIpc) is 2.97. The molecule has 2 unspecified atom stereocenters. The third-order valence-electron chi connectivity index (χ3n) is 3.82. The number of nitrogens with zero attached hydrogens (tertiary/aromatic N) is 1. The van der Waals surface area contributed by atoms with E-state index in [0.29, 0.717) is 12.8 Å². The fraction of sp³-hybridized carbons (Fsp3) is 0.533. The van der Waals surface area contributed by atoms with E-state index >= 15 is 0 Å². The first-order valence-corrected chi connectivity index (χ1v) is 7.37. The molecule has 1 aliphatic rings. The van der Waals surface area contributed by atoms with Gasteiger partial charge in [0.15, 0.2) is 0 Å². The highest BCUT2D eigenvalue weighted by atomic mass is 35.5. The Hall–Kier alpha value is -1.66. The van der Waals surface area contributed by atoms with Gasteiger partial charge in [0.05, 0.1) is 11.0 Å². The number of hydrogen-bond acceptors (Lipinski definition) is 4. The van der Waals surface area contributed by atoms with E-state index in [1.54, 1.807) is 6.07 Å². The van der Waals surface area contributed by atoms with Crippen molar-refractivity contribution < 1.29 is 9.72 Å². The maximum Gasteiger partial charge on any atom is 0.269 e. The monoisotopic (exact) mass is 327 g/mol. The molecule has 1 fully saturated rings. The number of nitro benzene ring substituents is 1. The van der Waals surface area contributed by atoms with Gasteiger partial charge in [-0.2, -0.15) is 0 Å². The number of nitrogens with one attached hydrogen (secondary N) is 2. The highest BCUT2D eigenvalue weighted by molar-refractivity contribution is 5.85. The van der Waals surface area contributed by atoms with Crippen LogP contribution in [0.25, 0.3) is 0 Å². The zero-order chi connectivity index (χ0) is 15.2. The summed E-state index contributed by atoms with van der Waals surface area (Å²) in [4.78, 5) is 22.5. The van der Waals surface area contributed by atoms with Crippen molar-refractivity contribution in [2.45, 2.75) is 44.7 Å². The second-order valence-electron chi connectivity index (χ2n) is 5.38. The zero-order valence-corrected chi connectivity index (χ0v) is 13.4. The van der Waals surface area contributed by atoms with Crippen molar-refractivity contribution in [3.05, 3.63) is 39.9 Å². The summed E-state index contributed by atoms with van der Waals surface area (Å²) in [6.45, 7) is 2.93. The van der Waals surface area contributed by atoms with Crippen molar-refractivity contribution in [3.8, 4) is 0 Å². The number of nitro groups is 1. The van der Waals surface area contributed by atoms with E-state index in [-0.39, 0.29) is 36.1 Å². The highest BCUT2D eigenvalue weighted by Crippen LogP contribution is 2.22. The minimum absolute atomic E-state index is 0. The van der Waals surface area contributed by atoms with Gasteiger partial charge >= 0.3 is 0 Å². The lowest BCUT2D eigenvalue weighted by atomic mass is 10.0. The van der Waals surface area contributed by atoms with Gasteiger partial charge in [-0.1, -0.05) is 19.1 Å². The Morgan fingerprint density at radius 1 is 1.55 bits per heavy atom. The predicted octanol–water partition coefficient (Wildman–Crippen LogP) is 2.73. The van der Waals surface area contributed by atoms with Gasteiger partial charge < -0.3 is 10.6 Å². The molecule has 0 radical (unpaired) electrons. The molecule has 0 aliphatic carbocycles. The molecular formula is C15H22ClN3O3. The van der Waals surface area contributed by atoms with Crippen LogP contribution in [-0.4, -0.2) is 23.4 Å². The highest BCUT2D eigenvalue weighted by Gasteiger charge is 2.20. The molecule has 2 rings (SSSR count). The average molecular weight is 328 g/mol. The van der Waals surface area contributed by atoms with Crippen LogP contribution in [-0.2, 0) is 4.79 Å². The van der Waals surface area contributed by atoms with Gasteiger partial charge in [0.2, 0.25) is 5.91 Å². The summed E-state index contributed by atoms with van der Waals surface area (Å²) in [7, 11) is 0. The van der Waals surface area contributed by atoms with Crippen molar-refractivity contribution in [2.75, 3.05) is 6.54 Å². The van der Waals surface area contributed by atoms with Gasteiger partial charge in [-0.05, 0) is 31.4 Å². The van der Waals surface area contributed by atoms with Gasteiger partial charge in [-0.3, -0.25) is 14.9 Å². The van der Waals surface area contributed by atoms with Crippen LogP contribution in [0, 0.1) is 10.1 Å². The molecule has 0 aromatic heterocycles. The second kappa shape index (κ2) is 8.70. The van der Waals surface area contributed by atoms with Crippen LogP contribution in [0.2, 0.25) is 0 Å². The molecule has 2 N–H and O–H groups in total. The molecule has 1 aromatic carbocycles. The molecule has 6 nitrogen and oxygen atoms in total. The molecular weight excluding hydrogens is 306 g/mol. The Bertz CT molecular complexity index is 519. The number of non-ortho nitro benzene ring substituents is 1. The van der Waals surface area contributed by atoms with Crippen LogP contribution in [0.3, 0.4) is 0 Å². The Balaban J connectivity index is 0.00000242. The molecule has 7 heteroatoms. The topological polar surface area (TPSA) is 84.3 Å². The van der Waals surface area contributed by atoms with Gasteiger partial charge in [0, 0.05) is 24.6 Å². The van der Waals surface area contributed by atoms with E-state index < -0.39 is 4.92 Å². The van der Waals surface area contributed by atoms with E-state index in [1.807, 2.05) is 13.0 Å². The molecule has 1 heterocycles. The van der Waals surface area contributed by atoms with E-state index in [4.69, 9.17) is 0 Å². The fourth-order valence-corrected chi connectivity index (χ4v) is 2.68. The third kappa shape index (κ3) is 4.96. The summed E-state index contributed by atoms with van der Waals surface area (Å²) >= 11 is 0. The summed E-state index contributed by atoms with van der Waals surface area (Å²) < 4.78 is 0. The smallest absolute Gasteiger partial charge is 0.269 e. The van der Waals surface area contributed by atoms with Crippen molar-refractivity contribution in [3.63, 3.8) is 0 Å². The van der Waals surface area contributed by atoms with Crippen LogP contribution in [0.5, 0.6) is 0 Å². The summed E-state index contributed by atoms with van der Waals surface area (Å²) in [5, 5.41) is 17.1. The lowest BCUT2D eigenvalue weighted by Gasteiger charge is -2.19. The van der Waals surface area contributed by atoms with Crippen LogP contribution >= 0.6 is 12.4 Å². The number of benzene rings is 1.